The van der Waals surface area contributed by atoms with Crippen molar-refractivity contribution in [3.05, 3.63) is 34.1 Å². The Kier molecular flexibility index (Phi) is 5.38. The van der Waals surface area contributed by atoms with E-state index in [0.717, 1.165) is 25.7 Å². The first kappa shape index (κ1) is 16.4. The van der Waals surface area contributed by atoms with E-state index in [1.807, 2.05) is 0 Å². The van der Waals surface area contributed by atoms with Crippen LogP contribution in [0.5, 0.6) is 0 Å². The van der Waals surface area contributed by atoms with Gasteiger partial charge in [0.15, 0.2) is 0 Å². The maximum absolute atomic E-state index is 14.3. The molecular weight excluding hydrogens is 337 g/mol. The first-order valence-corrected chi connectivity index (χ1v) is 8.08. The van der Waals surface area contributed by atoms with E-state index in [-0.39, 0.29) is 6.04 Å². The molecule has 0 saturated heterocycles. The Labute approximate surface area is 133 Å². The molecule has 2 rings (SSSR count). The third-order valence-electron chi connectivity index (χ3n) is 4.16. The largest absolute Gasteiger partial charge is 0.467 e. The fraction of sp³-hybridized carbons (Fsp3) is 0.562. The summed E-state index contributed by atoms with van der Waals surface area (Å²) in [7, 11) is 1.33. The van der Waals surface area contributed by atoms with Crippen LogP contribution < -0.4 is 5.32 Å². The van der Waals surface area contributed by atoms with E-state index >= 15 is 0 Å². The van der Waals surface area contributed by atoms with Crippen LogP contribution in [-0.4, -0.2) is 19.1 Å². The lowest BCUT2D eigenvalue weighted by atomic mass is 9.87. The Morgan fingerprint density at radius 2 is 2.05 bits per heavy atom. The van der Waals surface area contributed by atoms with Gasteiger partial charge in [-0.3, -0.25) is 5.32 Å². The summed E-state index contributed by atoms with van der Waals surface area (Å²) in [6.07, 6.45) is 5.50. The Morgan fingerprint density at radius 3 is 2.62 bits per heavy atom. The summed E-state index contributed by atoms with van der Waals surface area (Å²) in [5, 5.41) is 3.33. The molecule has 0 aliphatic heterocycles. The summed E-state index contributed by atoms with van der Waals surface area (Å²) < 4.78 is 19.9. The third kappa shape index (κ3) is 3.64. The van der Waals surface area contributed by atoms with Gasteiger partial charge in [-0.05, 0) is 31.9 Å². The summed E-state index contributed by atoms with van der Waals surface area (Å²) in [4.78, 5) is 12.3. The van der Waals surface area contributed by atoms with Gasteiger partial charge in [-0.25, -0.2) is 9.18 Å². The molecule has 0 spiro atoms. The monoisotopic (exact) mass is 357 g/mol. The predicted molar refractivity (Wildman–Crippen MR) is 83.5 cm³/mol. The van der Waals surface area contributed by atoms with Crippen molar-refractivity contribution in [2.45, 2.75) is 50.6 Å². The Hall–Kier alpha value is -0.940. The molecule has 1 N–H and O–H groups in total. The predicted octanol–water partition coefficient (Wildman–Crippen LogP) is 3.90. The molecule has 0 aromatic heterocycles. The average molecular weight is 358 g/mol. The molecular formula is C16H21BrFNO2. The van der Waals surface area contributed by atoms with Crippen LogP contribution >= 0.6 is 15.9 Å². The summed E-state index contributed by atoms with van der Waals surface area (Å²) in [6, 6.07) is 4.96. The number of ether oxygens (including phenoxy) is 1. The lowest BCUT2D eigenvalue weighted by Gasteiger charge is -2.35. The summed E-state index contributed by atoms with van der Waals surface area (Å²) in [5.41, 5.74) is -0.843. The zero-order chi connectivity index (χ0) is 15.5. The normalized spacial score (nSPS) is 19.0. The molecule has 5 heteroatoms. The van der Waals surface area contributed by atoms with Crippen molar-refractivity contribution in [3.8, 4) is 0 Å². The lowest BCUT2D eigenvalue weighted by Crippen LogP contribution is -2.52. The van der Waals surface area contributed by atoms with E-state index < -0.39 is 17.3 Å². The molecule has 0 radical (unpaired) electrons. The highest BCUT2D eigenvalue weighted by atomic mass is 79.9. The Balaban J connectivity index is 2.33. The second kappa shape index (κ2) is 6.88. The fourth-order valence-corrected chi connectivity index (χ4v) is 3.33. The van der Waals surface area contributed by atoms with E-state index in [1.54, 1.807) is 19.1 Å². The van der Waals surface area contributed by atoms with Gasteiger partial charge < -0.3 is 4.74 Å². The molecule has 1 aliphatic carbocycles. The molecule has 116 valence electrons. The number of nitrogens with one attached hydrogen (secondary N) is 1. The number of benzene rings is 1. The van der Waals surface area contributed by atoms with Crippen LogP contribution in [0.4, 0.5) is 4.39 Å². The first-order valence-electron chi connectivity index (χ1n) is 7.29. The van der Waals surface area contributed by atoms with Crippen LogP contribution in [0.3, 0.4) is 0 Å². The van der Waals surface area contributed by atoms with Gasteiger partial charge in [0.05, 0.1) is 7.11 Å². The highest BCUT2D eigenvalue weighted by Crippen LogP contribution is 2.30. The van der Waals surface area contributed by atoms with E-state index in [1.165, 1.54) is 19.6 Å². The summed E-state index contributed by atoms with van der Waals surface area (Å²) in [5.74, 6) is -0.880. The molecule has 1 aromatic rings. The van der Waals surface area contributed by atoms with Gasteiger partial charge in [0.1, 0.15) is 11.4 Å². The van der Waals surface area contributed by atoms with Gasteiger partial charge in [-0.1, -0.05) is 41.3 Å². The zero-order valence-corrected chi connectivity index (χ0v) is 14.0. The first-order chi connectivity index (χ1) is 9.97. The highest BCUT2D eigenvalue weighted by molar-refractivity contribution is 9.10. The number of halogens is 2. The summed E-state index contributed by atoms with van der Waals surface area (Å²) in [6.45, 7) is 1.69. The van der Waals surface area contributed by atoms with Crippen molar-refractivity contribution in [3.63, 3.8) is 0 Å². The molecule has 1 fully saturated rings. The molecule has 1 atom stereocenters. The fourth-order valence-electron chi connectivity index (χ4n) is 3.00. The van der Waals surface area contributed by atoms with E-state index in [0.29, 0.717) is 10.0 Å². The van der Waals surface area contributed by atoms with Gasteiger partial charge in [0.25, 0.3) is 0 Å². The van der Waals surface area contributed by atoms with Crippen molar-refractivity contribution in [2.75, 3.05) is 7.11 Å². The van der Waals surface area contributed by atoms with E-state index in [2.05, 4.69) is 21.2 Å². The minimum atomic E-state index is -1.17. The molecule has 1 aromatic carbocycles. The van der Waals surface area contributed by atoms with Crippen molar-refractivity contribution < 1.29 is 13.9 Å². The van der Waals surface area contributed by atoms with Crippen LogP contribution in [0.25, 0.3) is 0 Å². The number of esters is 1. The number of hydrogen-bond acceptors (Lipinski definition) is 3. The van der Waals surface area contributed by atoms with Crippen molar-refractivity contribution in [1.29, 1.82) is 0 Å². The van der Waals surface area contributed by atoms with Gasteiger partial charge >= 0.3 is 5.97 Å². The number of carbonyl (C=O) groups excluding carboxylic acids is 1. The van der Waals surface area contributed by atoms with Gasteiger partial charge in [-0.15, -0.1) is 0 Å². The van der Waals surface area contributed by atoms with Crippen LogP contribution in [0.1, 0.15) is 44.6 Å². The second-order valence-corrected chi connectivity index (χ2v) is 6.64. The van der Waals surface area contributed by atoms with Crippen LogP contribution in [0.2, 0.25) is 0 Å². The minimum Gasteiger partial charge on any atom is -0.467 e. The van der Waals surface area contributed by atoms with Gasteiger partial charge in [0.2, 0.25) is 0 Å². The molecule has 0 amide bonds. The molecule has 1 unspecified atom stereocenters. The van der Waals surface area contributed by atoms with Crippen LogP contribution in [0.15, 0.2) is 22.7 Å². The quantitative estimate of drug-likeness (QED) is 0.830. The minimum absolute atomic E-state index is 0.214. The standard InChI is InChI=1S/C16H21BrFNO2/c1-16(15(20)21-2,19-12-6-4-3-5-7-12)13-9-8-11(17)10-14(13)18/h8-10,12,19H,3-7H2,1-2H3. The smallest absolute Gasteiger partial charge is 0.330 e. The molecule has 3 nitrogen and oxygen atoms in total. The maximum atomic E-state index is 14.3. The SMILES string of the molecule is COC(=O)C(C)(NC1CCCCC1)c1ccc(Br)cc1F. The Bertz CT molecular complexity index is 517. The van der Waals surface area contributed by atoms with Crippen LogP contribution in [0, 0.1) is 5.82 Å². The van der Waals surface area contributed by atoms with Gasteiger partial charge in [-0.2, -0.15) is 0 Å². The molecule has 1 aliphatic rings. The second-order valence-electron chi connectivity index (χ2n) is 5.72. The number of methoxy groups -OCH3 is 1. The topological polar surface area (TPSA) is 38.3 Å². The lowest BCUT2D eigenvalue weighted by molar-refractivity contribution is -0.149. The molecule has 1 saturated carbocycles. The molecule has 0 heterocycles. The zero-order valence-electron chi connectivity index (χ0n) is 12.4. The molecule has 0 bridgehead atoms. The Morgan fingerprint density at radius 1 is 1.38 bits per heavy atom. The van der Waals surface area contributed by atoms with Gasteiger partial charge in [0, 0.05) is 16.1 Å². The molecule has 21 heavy (non-hydrogen) atoms. The number of rotatable bonds is 4. The highest BCUT2D eigenvalue weighted by Gasteiger charge is 2.40. The van der Waals surface area contributed by atoms with Crippen LogP contribution in [-0.2, 0) is 15.1 Å². The number of hydrogen-bond donors (Lipinski definition) is 1. The third-order valence-corrected chi connectivity index (χ3v) is 4.65. The van der Waals surface area contributed by atoms with E-state index in [9.17, 15) is 9.18 Å². The van der Waals surface area contributed by atoms with Crippen molar-refractivity contribution in [1.82, 2.24) is 5.32 Å². The van der Waals surface area contributed by atoms with E-state index in [4.69, 9.17) is 4.74 Å². The summed E-state index contributed by atoms with van der Waals surface area (Å²) >= 11 is 3.24. The number of carbonyl (C=O) groups is 1. The van der Waals surface area contributed by atoms with Crippen molar-refractivity contribution in [2.24, 2.45) is 0 Å². The maximum Gasteiger partial charge on any atom is 0.330 e. The van der Waals surface area contributed by atoms with Crippen molar-refractivity contribution >= 4 is 21.9 Å². The average Bonchev–Trinajstić information content (AvgIpc) is 2.47.